The summed E-state index contributed by atoms with van der Waals surface area (Å²) in [5, 5.41) is 0. The van der Waals surface area contributed by atoms with E-state index in [1.54, 1.807) is 0 Å². The number of ether oxygens (including phenoxy) is 1. The van der Waals surface area contributed by atoms with Crippen LogP contribution in [-0.2, 0) is 19.4 Å². The van der Waals surface area contributed by atoms with Crippen molar-refractivity contribution in [3.05, 3.63) is 77.6 Å². The Morgan fingerprint density at radius 3 is 1.76 bits per heavy atom. The maximum Gasteiger partial charge on any atom is 0.159 e. The first kappa shape index (κ1) is 25.0. The van der Waals surface area contributed by atoms with Crippen molar-refractivity contribution in [1.82, 2.24) is 9.97 Å². The molecular weight excluding hydrogens is 404 g/mol. The fourth-order valence-corrected chi connectivity index (χ4v) is 3.99. The standard InChI is InChI=1S/C30H40N2O/c1-3-5-7-9-11-12-25-14-16-26(17-15-25)24-33-29-20-18-28(19-21-29)30-31-22-27(23-32-30)13-10-8-6-4-2/h14-23H,3-13,24H2,1-2H3. The third-order valence-electron chi connectivity index (χ3n) is 6.13. The van der Waals surface area contributed by atoms with Gasteiger partial charge < -0.3 is 4.74 Å². The zero-order valence-electron chi connectivity index (χ0n) is 20.6. The second-order valence-corrected chi connectivity index (χ2v) is 9.02. The van der Waals surface area contributed by atoms with E-state index in [9.17, 15) is 0 Å². The van der Waals surface area contributed by atoms with Crippen molar-refractivity contribution in [3.8, 4) is 17.1 Å². The summed E-state index contributed by atoms with van der Waals surface area (Å²) in [4.78, 5) is 9.13. The minimum absolute atomic E-state index is 0.583. The molecule has 3 heteroatoms. The molecule has 0 amide bonds. The average molecular weight is 445 g/mol. The summed E-state index contributed by atoms with van der Waals surface area (Å²) >= 11 is 0. The van der Waals surface area contributed by atoms with Gasteiger partial charge in [0.15, 0.2) is 5.82 Å². The molecule has 2 aromatic carbocycles. The van der Waals surface area contributed by atoms with Gasteiger partial charge in [0.25, 0.3) is 0 Å². The predicted octanol–water partition coefficient (Wildman–Crippen LogP) is 8.36. The molecule has 176 valence electrons. The van der Waals surface area contributed by atoms with E-state index in [0.717, 1.165) is 23.6 Å². The van der Waals surface area contributed by atoms with E-state index in [-0.39, 0.29) is 0 Å². The summed E-state index contributed by atoms with van der Waals surface area (Å²) in [7, 11) is 0. The molecule has 0 bridgehead atoms. The van der Waals surface area contributed by atoms with Crippen LogP contribution in [0.3, 0.4) is 0 Å². The third-order valence-corrected chi connectivity index (χ3v) is 6.13. The van der Waals surface area contributed by atoms with Crippen molar-refractivity contribution in [1.29, 1.82) is 0 Å². The van der Waals surface area contributed by atoms with Crippen molar-refractivity contribution in [2.24, 2.45) is 0 Å². The summed E-state index contributed by atoms with van der Waals surface area (Å²) in [6.07, 6.45) is 17.9. The van der Waals surface area contributed by atoms with E-state index >= 15 is 0 Å². The van der Waals surface area contributed by atoms with Crippen LogP contribution in [0.25, 0.3) is 11.4 Å². The number of aromatic nitrogens is 2. The Hall–Kier alpha value is -2.68. The molecule has 0 fully saturated rings. The highest BCUT2D eigenvalue weighted by molar-refractivity contribution is 5.55. The summed E-state index contributed by atoms with van der Waals surface area (Å²) in [5.74, 6) is 1.63. The molecule has 3 nitrogen and oxygen atoms in total. The highest BCUT2D eigenvalue weighted by Crippen LogP contribution is 2.21. The van der Waals surface area contributed by atoms with Gasteiger partial charge in [-0.3, -0.25) is 0 Å². The van der Waals surface area contributed by atoms with E-state index in [1.165, 1.54) is 80.9 Å². The lowest BCUT2D eigenvalue weighted by atomic mass is 10.0. The topological polar surface area (TPSA) is 35.0 Å². The Kier molecular flexibility index (Phi) is 10.9. The van der Waals surface area contributed by atoms with Gasteiger partial charge in [-0.2, -0.15) is 0 Å². The Morgan fingerprint density at radius 2 is 1.12 bits per heavy atom. The predicted molar refractivity (Wildman–Crippen MR) is 139 cm³/mol. The smallest absolute Gasteiger partial charge is 0.159 e. The van der Waals surface area contributed by atoms with Crippen LogP contribution in [0.2, 0.25) is 0 Å². The maximum absolute atomic E-state index is 5.99. The summed E-state index contributed by atoms with van der Waals surface area (Å²) < 4.78 is 5.99. The van der Waals surface area contributed by atoms with Gasteiger partial charge in [-0.15, -0.1) is 0 Å². The monoisotopic (exact) mass is 444 g/mol. The normalized spacial score (nSPS) is 11.0. The molecule has 3 aromatic rings. The summed E-state index contributed by atoms with van der Waals surface area (Å²) in [5.41, 5.74) is 4.86. The molecule has 0 radical (unpaired) electrons. The molecule has 0 aliphatic carbocycles. The molecule has 1 aromatic heterocycles. The first-order valence-corrected chi connectivity index (χ1v) is 12.9. The van der Waals surface area contributed by atoms with Crippen LogP contribution in [0.1, 0.15) is 88.3 Å². The second kappa shape index (κ2) is 14.5. The molecule has 0 saturated carbocycles. The quantitative estimate of drug-likeness (QED) is 0.221. The van der Waals surface area contributed by atoms with Gasteiger partial charge in [-0.1, -0.05) is 83.1 Å². The van der Waals surface area contributed by atoms with E-state index in [4.69, 9.17) is 4.74 Å². The van der Waals surface area contributed by atoms with Crippen molar-refractivity contribution < 1.29 is 4.74 Å². The lowest BCUT2D eigenvalue weighted by molar-refractivity contribution is 0.306. The zero-order valence-corrected chi connectivity index (χ0v) is 20.6. The largest absolute Gasteiger partial charge is 0.489 e. The molecule has 1 heterocycles. The average Bonchev–Trinajstić information content (AvgIpc) is 2.87. The molecule has 3 rings (SSSR count). The summed E-state index contributed by atoms with van der Waals surface area (Å²) in [6.45, 7) is 5.08. The van der Waals surface area contributed by atoms with Gasteiger partial charge in [-0.05, 0) is 66.6 Å². The van der Waals surface area contributed by atoms with Crippen LogP contribution >= 0.6 is 0 Å². The van der Waals surface area contributed by atoms with Crippen LogP contribution in [0.15, 0.2) is 60.9 Å². The molecular formula is C30H40N2O. The van der Waals surface area contributed by atoms with Crippen molar-refractivity contribution in [2.45, 2.75) is 91.1 Å². The molecule has 0 unspecified atom stereocenters. The Bertz CT molecular complexity index is 902. The minimum atomic E-state index is 0.583. The van der Waals surface area contributed by atoms with Gasteiger partial charge in [0.2, 0.25) is 0 Å². The van der Waals surface area contributed by atoms with Crippen molar-refractivity contribution >= 4 is 0 Å². The number of nitrogens with zero attached hydrogens (tertiary/aromatic N) is 2. The number of hydrogen-bond donors (Lipinski definition) is 0. The van der Waals surface area contributed by atoms with Gasteiger partial charge in [0.1, 0.15) is 12.4 Å². The molecule has 0 aliphatic heterocycles. The zero-order chi connectivity index (χ0) is 23.1. The van der Waals surface area contributed by atoms with Crippen LogP contribution in [0.4, 0.5) is 0 Å². The first-order chi connectivity index (χ1) is 16.3. The minimum Gasteiger partial charge on any atom is -0.489 e. The third kappa shape index (κ3) is 9.00. The number of aryl methyl sites for hydroxylation is 2. The van der Waals surface area contributed by atoms with E-state index < -0.39 is 0 Å². The molecule has 33 heavy (non-hydrogen) atoms. The SMILES string of the molecule is CCCCCCCc1ccc(COc2ccc(-c3ncc(CCCCCC)cn3)cc2)cc1. The molecule has 0 saturated heterocycles. The highest BCUT2D eigenvalue weighted by Gasteiger charge is 2.04. The number of unbranched alkanes of at least 4 members (excludes halogenated alkanes) is 7. The molecule has 0 spiro atoms. The van der Waals surface area contributed by atoms with E-state index in [2.05, 4.69) is 48.1 Å². The fraction of sp³-hybridized carbons (Fsp3) is 0.467. The van der Waals surface area contributed by atoms with Crippen LogP contribution in [-0.4, -0.2) is 9.97 Å². The number of rotatable bonds is 15. The van der Waals surface area contributed by atoms with Crippen molar-refractivity contribution in [3.63, 3.8) is 0 Å². The number of benzene rings is 2. The molecule has 0 atom stereocenters. The Labute approximate surface area is 200 Å². The number of hydrogen-bond acceptors (Lipinski definition) is 3. The lowest BCUT2D eigenvalue weighted by Gasteiger charge is -2.08. The van der Waals surface area contributed by atoms with Crippen LogP contribution < -0.4 is 4.74 Å². The van der Waals surface area contributed by atoms with Gasteiger partial charge in [0.05, 0.1) is 0 Å². The van der Waals surface area contributed by atoms with Crippen molar-refractivity contribution in [2.75, 3.05) is 0 Å². The Morgan fingerprint density at radius 1 is 0.576 bits per heavy atom. The van der Waals surface area contributed by atoms with E-state index in [0.29, 0.717) is 6.61 Å². The summed E-state index contributed by atoms with van der Waals surface area (Å²) in [6, 6.07) is 16.9. The fourth-order valence-electron chi connectivity index (χ4n) is 3.99. The van der Waals surface area contributed by atoms with Gasteiger partial charge >= 0.3 is 0 Å². The lowest BCUT2D eigenvalue weighted by Crippen LogP contribution is -1.96. The van der Waals surface area contributed by atoms with Crippen LogP contribution in [0, 0.1) is 0 Å². The molecule has 0 aliphatic rings. The second-order valence-electron chi connectivity index (χ2n) is 9.02. The molecule has 0 N–H and O–H groups in total. The van der Waals surface area contributed by atoms with E-state index in [1.807, 2.05) is 36.7 Å². The highest BCUT2D eigenvalue weighted by atomic mass is 16.5. The maximum atomic E-state index is 5.99. The van der Waals surface area contributed by atoms with Gasteiger partial charge in [0, 0.05) is 18.0 Å². The Balaban J connectivity index is 1.43. The van der Waals surface area contributed by atoms with Gasteiger partial charge in [-0.25, -0.2) is 9.97 Å². The first-order valence-electron chi connectivity index (χ1n) is 12.9. The van der Waals surface area contributed by atoms with Crippen LogP contribution in [0.5, 0.6) is 5.75 Å².